The summed E-state index contributed by atoms with van der Waals surface area (Å²) < 4.78 is 0. The summed E-state index contributed by atoms with van der Waals surface area (Å²) in [4.78, 5) is 11.1. The van der Waals surface area contributed by atoms with Gasteiger partial charge in [0.25, 0.3) is 0 Å². The molecule has 0 radical (unpaired) electrons. The van der Waals surface area contributed by atoms with Crippen LogP contribution in [0, 0.1) is 16.7 Å². The summed E-state index contributed by atoms with van der Waals surface area (Å²) in [6.07, 6.45) is 8.89. The number of allylic oxidation sites excluding steroid dienone is 5. The molecule has 1 unspecified atom stereocenters. The highest BCUT2D eigenvalue weighted by Crippen LogP contribution is 2.41. The second-order valence-electron chi connectivity index (χ2n) is 4.34. The van der Waals surface area contributed by atoms with Gasteiger partial charge in [-0.2, -0.15) is 5.26 Å². The molecule has 1 atom stereocenters. The fraction of sp³-hybridized carbons (Fsp3) is 0.125. The van der Waals surface area contributed by atoms with Crippen LogP contribution in [0.2, 0.25) is 0 Å². The molecule has 0 saturated carbocycles. The lowest BCUT2D eigenvalue weighted by Crippen LogP contribution is -2.19. The number of hydrogen-bond acceptors (Lipinski definition) is 2. The zero-order chi connectivity index (χ0) is 13.7. The van der Waals surface area contributed by atoms with Crippen molar-refractivity contribution in [3.05, 3.63) is 66.3 Å². The molecule has 0 aromatic heterocycles. The van der Waals surface area contributed by atoms with E-state index in [0.29, 0.717) is 12.0 Å². The molecule has 0 bridgehead atoms. The molecular weight excluding hydrogens is 238 g/mol. The summed E-state index contributed by atoms with van der Waals surface area (Å²) in [5, 5.41) is 18.6. The van der Waals surface area contributed by atoms with Crippen LogP contribution in [-0.4, -0.2) is 11.1 Å². The fourth-order valence-electron chi connectivity index (χ4n) is 2.17. The molecule has 1 aromatic rings. The minimum Gasteiger partial charge on any atom is -0.478 e. The Balaban J connectivity index is 2.57. The maximum absolute atomic E-state index is 11.1. The molecule has 0 saturated heterocycles. The van der Waals surface area contributed by atoms with Crippen LogP contribution in [0.3, 0.4) is 0 Å². The van der Waals surface area contributed by atoms with E-state index in [1.807, 2.05) is 42.5 Å². The van der Waals surface area contributed by atoms with Crippen molar-refractivity contribution >= 4 is 11.5 Å². The summed E-state index contributed by atoms with van der Waals surface area (Å²) in [6, 6.07) is 11.4. The van der Waals surface area contributed by atoms with Crippen LogP contribution in [0.15, 0.2) is 60.7 Å². The Bertz CT molecular complexity index is 605. The van der Waals surface area contributed by atoms with Crippen molar-refractivity contribution in [2.75, 3.05) is 0 Å². The van der Waals surface area contributed by atoms with Gasteiger partial charge in [-0.15, -0.1) is 0 Å². The molecule has 0 heterocycles. The molecule has 3 heteroatoms. The average molecular weight is 251 g/mol. The monoisotopic (exact) mass is 251 g/mol. The number of aliphatic carboxylic acids is 1. The molecule has 0 amide bonds. The van der Waals surface area contributed by atoms with Crippen LogP contribution < -0.4 is 0 Å². The number of nitrogens with zero attached hydrogens (tertiary/aromatic N) is 1. The van der Waals surface area contributed by atoms with Gasteiger partial charge in [0, 0.05) is 6.08 Å². The van der Waals surface area contributed by atoms with E-state index in [4.69, 9.17) is 5.11 Å². The number of benzene rings is 1. The summed E-state index contributed by atoms with van der Waals surface area (Å²) in [5.41, 5.74) is 0.365. The predicted molar refractivity (Wildman–Crippen MR) is 73.0 cm³/mol. The molecule has 0 fully saturated rings. The highest BCUT2D eigenvalue weighted by molar-refractivity contribution is 5.93. The van der Waals surface area contributed by atoms with Crippen molar-refractivity contribution < 1.29 is 9.90 Å². The third kappa shape index (κ3) is 2.63. The first-order valence-corrected chi connectivity index (χ1v) is 5.94. The molecule has 2 rings (SSSR count). The smallest absolute Gasteiger partial charge is 0.328 e. The lowest BCUT2D eigenvalue weighted by molar-refractivity contribution is -0.131. The van der Waals surface area contributed by atoms with Gasteiger partial charge in [-0.3, -0.25) is 0 Å². The largest absolute Gasteiger partial charge is 0.478 e. The Morgan fingerprint density at radius 1 is 1.32 bits per heavy atom. The van der Waals surface area contributed by atoms with Gasteiger partial charge in [0.05, 0.1) is 6.07 Å². The molecule has 3 nitrogen and oxygen atoms in total. The van der Waals surface area contributed by atoms with Gasteiger partial charge >= 0.3 is 5.97 Å². The number of hydrogen-bond donors (Lipinski definition) is 1. The Kier molecular flexibility index (Phi) is 3.63. The van der Waals surface area contributed by atoms with Crippen molar-refractivity contribution in [3.63, 3.8) is 0 Å². The SMILES string of the molecule is N#CC1(C(=CC(=O)O)c2ccccc2)C=CC=CC1. The van der Waals surface area contributed by atoms with E-state index in [0.717, 1.165) is 11.6 Å². The number of carboxylic acids is 1. The Morgan fingerprint density at radius 2 is 2.05 bits per heavy atom. The van der Waals surface area contributed by atoms with E-state index >= 15 is 0 Å². The zero-order valence-corrected chi connectivity index (χ0v) is 10.3. The highest BCUT2D eigenvalue weighted by Gasteiger charge is 2.33. The molecule has 1 aliphatic rings. The van der Waals surface area contributed by atoms with Crippen LogP contribution in [0.1, 0.15) is 12.0 Å². The van der Waals surface area contributed by atoms with Crippen LogP contribution in [-0.2, 0) is 4.79 Å². The van der Waals surface area contributed by atoms with Gasteiger partial charge in [-0.1, -0.05) is 54.6 Å². The topological polar surface area (TPSA) is 61.1 Å². The van der Waals surface area contributed by atoms with E-state index in [2.05, 4.69) is 6.07 Å². The zero-order valence-electron chi connectivity index (χ0n) is 10.3. The quantitative estimate of drug-likeness (QED) is 0.839. The Labute approximate surface area is 111 Å². The second kappa shape index (κ2) is 5.36. The van der Waals surface area contributed by atoms with E-state index in [1.54, 1.807) is 12.2 Å². The van der Waals surface area contributed by atoms with E-state index in [-0.39, 0.29) is 0 Å². The van der Waals surface area contributed by atoms with Crippen molar-refractivity contribution in [2.24, 2.45) is 5.41 Å². The standard InChI is InChI=1S/C16H13NO2/c17-12-16(9-5-2-6-10-16)14(11-15(18)19)13-7-3-1-4-8-13/h1-9,11H,10H2,(H,18,19). The van der Waals surface area contributed by atoms with Crippen molar-refractivity contribution in [3.8, 4) is 6.07 Å². The van der Waals surface area contributed by atoms with E-state index in [1.165, 1.54) is 0 Å². The Morgan fingerprint density at radius 3 is 2.58 bits per heavy atom. The van der Waals surface area contributed by atoms with Gasteiger partial charge in [0.15, 0.2) is 0 Å². The maximum atomic E-state index is 11.1. The first-order valence-electron chi connectivity index (χ1n) is 5.94. The van der Waals surface area contributed by atoms with Crippen molar-refractivity contribution in [1.29, 1.82) is 5.26 Å². The predicted octanol–water partition coefficient (Wildman–Crippen LogP) is 3.18. The molecule has 1 aliphatic carbocycles. The minimum absolute atomic E-state index is 0.480. The van der Waals surface area contributed by atoms with E-state index in [9.17, 15) is 10.1 Å². The molecule has 0 spiro atoms. The first kappa shape index (κ1) is 12.8. The lowest BCUT2D eigenvalue weighted by atomic mass is 9.73. The normalized spacial score (nSPS) is 21.9. The fourth-order valence-corrected chi connectivity index (χ4v) is 2.17. The molecular formula is C16H13NO2. The number of carboxylic acid groups (broad SMARTS) is 1. The van der Waals surface area contributed by atoms with Gasteiger partial charge in [-0.05, 0) is 17.6 Å². The molecule has 1 N–H and O–H groups in total. The number of carbonyl (C=O) groups is 1. The minimum atomic E-state index is -1.04. The van der Waals surface area contributed by atoms with Gasteiger partial charge in [0.2, 0.25) is 0 Å². The summed E-state index contributed by atoms with van der Waals surface area (Å²) in [7, 11) is 0. The summed E-state index contributed by atoms with van der Waals surface area (Å²) in [5.74, 6) is -1.04. The summed E-state index contributed by atoms with van der Waals surface area (Å²) in [6.45, 7) is 0. The molecule has 1 aromatic carbocycles. The van der Waals surface area contributed by atoms with Crippen LogP contribution in [0.4, 0.5) is 0 Å². The van der Waals surface area contributed by atoms with Crippen LogP contribution in [0.25, 0.3) is 5.57 Å². The molecule has 94 valence electrons. The van der Waals surface area contributed by atoms with Crippen LogP contribution >= 0.6 is 0 Å². The average Bonchev–Trinajstić information content (AvgIpc) is 2.46. The van der Waals surface area contributed by atoms with Gasteiger partial charge in [-0.25, -0.2) is 4.79 Å². The Hall–Kier alpha value is -2.60. The number of rotatable bonds is 3. The number of nitriles is 1. The van der Waals surface area contributed by atoms with Crippen molar-refractivity contribution in [2.45, 2.75) is 6.42 Å². The molecule has 19 heavy (non-hydrogen) atoms. The van der Waals surface area contributed by atoms with E-state index < -0.39 is 11.4 Å². The van der Waals surface area contributed by atoms with Gasteiger partial charge in [0.1, 0.15) is 5.41 Å². The van der Waals surface area contributed by atoms with Crippen molar-refractivity contribution in [1.82, 2.24) is 0 Å². The first-order chi connectivity index (χ1) is 9.18. The van der Waals surface area contributed by atoms with Gasteiger partial charge < -0.3 is 5.11 Å². The maximum Gasteiger partial charge on any atom is 0.328 e. The lowest BCUT2D eigenvalue weighted by Gasteiger charge is -2.26. The highest BCUT2D eigenvalue weighted by atomic mass is 16.4. The third-order valence-corrected chi connectivity index (χ3v) is 3.10. The molecule has 0 aliphatic heterocycles. The summed E-state index contributed by atoms with van der Waals surface area (Å²) >= 11 is 0. The van der Waals surface area contributed by atoms with Crippen LogP contribution in [0.5, 0.6) is 0 Å². The third-order valence-electron chi connectivity index (χ3n) is 3.10. The second-order valence-corrected chi connectivity index (χ2v) is 4.34.